The second-order valence-corrected chi connectivity index (χ2v) is 4.33. The van der Waals surface area contributed by atoms with E-state index in [4.69, 9.17) is 15.7 Å². The number of anilines is 1. The minimum absolute atomic E-state index is 0.0744. The van der Waals surface area contributed by atoms with Gasteiger partial charge in [-0.2, -0.15) is 5.26 Å². The molecule has 2 aromatic rings. The Hall–Kier alpha value is -2.54. The zero-order valence-corrected chi connectivity index (χ0v) is 10.7. The molecule has 0 aliphatic heterocycles. The number of aryl methyl sites for hydroxylation is 2. The fraction of sp³-hybridized carbons (Fsp3) is 0.133. The Morgan fingerprint density at radius 3 is 2.47 bits per heavy atom. The summed E-state index contributed by atoms with van der Waals surface area (Å²) >= 11 is 0. The molecular weight excluding hydrogens is 243 g/mol. The van der Waals surface area contributed by atoms with E-state index in [1.807, 2.05) is 26.0 Å². The first kappa shape index (κ1) is 12.9. The van der Waals surface area contributed by atoms with Gasteiger partial charge in [0.25, 0.3) is 0 Å². The third-order valence-corrected chi connectivity index (χ3v) is 2.84. The van der Waals surface area contributed by atoms with E-state index in [1.54, 1.807) is 6.07 Å². The molecule has 0 aliphatic carbocycles. The molecular formula is C15H13FN2O. The lowest BCUT2D eigenvalue weighted by Crippen LogP contribution is -1.95. The summed E-state index contributed by atoms with van der Waals surface area (Å²) in [6.45, 7) is 3.76. The average molecular weight is 256 g/mol. The number of ether oxygens (including phenoxy) is 1. The topological polar surface area (TPSA) is 59.0 Å². The number of hydrogen-bond acceptors (Lipinski definition) is 3. The third-order valence-electron chi connectivity index (χ3n) is 2.84. The van der Waals surface area contributed by atoms with Crippen LogP contribution in [0.25, 0.3) is 0 Å². The second-order valence-electron chi connectivity index (χ2n) is 4.33. The van der Waals surface area contributed by atoms with E-state index in [9.17, 15) is 4.39 Å². The van der Waals surface area contributed by atoms with Crippen LogP contribution in [0.2, 0.25) is 0 Å². The maximum absolute atomic E-state index is 13.7. The van der Waals surface area contributed by atoms with Crippen molar-refractivity contribution in [2.75, 3.05) is 5.73 Å². The van der Waals surface area contributed by atoms with Crippen molar-refractivity contribution in [1.29, 1.82) is 5.26 Å². The Morgan fingerprint density at radius 2 is 1.84 bits per heavy atom. The van der Waals surface area contributed by atoms with Crippen molar-refractivity contribution >= 4 is 5.69 Å². The van der Waals surface area contributed by atoms with Crippen molar-refractivity contribution in [2.24, 2.45) is 0 Å². The molecule has 0 saturated carbocycles. The predicted molar refractivity (Wildman–Crippen MR) is 71.5 cm³/mol. The molecule has 2 aromatic carbocycles. The molecule has 0 bridgehead atoms. The van der Waals surface area contributed by atoms with Gasteiger partial charge in [-0.1, -0.05) is 6.07 Å². The number of benzene rings is 2. The Labute approximate surface area is 111 Å². The quantitative estimate of drug-likeness (QED) is 0.833. The lowest BCUT2D eigenvalue weighted by atomic mass is 10.1. The van der Waals surface area contributed by atoms with Gasteiger partial charge in [0.2, 0.25) is 0 Å². The SMILES string of the molecule is Cc1cc(C)c(Oc2ccc(C#N)cc2F)cc1N. The number of nitrogens with zero attached hydrogens (tertiary/aromatic N) is 1. The van der Waals surface area contributed by atoms with Crippen LogP contribution in [0.1, 0.15) is 16.7 Å². The van der Waals surface area contributed by atoms with E-state index in [-0.39, 0.29) is 11.3 Å². The number of nitrogens with two attached hydrogens (primary N) is 1. The van der Waals surface area contributed by atoms with Crippen LogP contribution in [-0.4, -0.2) is 0 Å². The lowest BCUT2D eigenvalue weighted by Gasteiger charge is -2.11. The van der Waals surface area contributed by atoms with Gasteiger partial charge in [0, 0.05) is 11.8 Å². The molecule has 0 atom stereocenters. The molecule has 4 heteroatoms. The molecule has 0 amide bonds. The molecule has 3 nitrogen and oxygen atoms in total. The molecule has 0 spiro atoms. The number of rotatable bonds is 2. The van der Waals surface area contributed by atoms with Crippen molar-refractivity contribution in [3.63, 3.8) is 0 Å². The average Bonchev–Trinajstić information content (AvgIpc) is 2.38. The van der Waals surface area contributed by atoms with Gasteiger partial charge < -0.3 is 10.5 Å². The van der Waals surface area contributed by atoms with Gasteiger partial charge in [-0.25, -0.2) is 4.39 Å². The van der Waals surface area contributed by atoms with Gasteiger partial charge in [0.15, 0.2) is 11.6 Å². The molecule has 0 aromatic heterocycles. The van der Waals surface area contributed by atoms with Crippen LogP contribution in [0.3, 0.4) is 0 Å². The molecule has 0 aliphatic rings. The van der Waals surface area contributed by atoms with E-state index in [0.717, 1.165) is 17.2 Å². The summed E-state index contributed by atoms with van der Waals surface area (Å²) in [7, 11) is 0. The van der Waals surface area contributed by atoms with E-state index in [0.29, 0.717) is 11.4 Å². The van der Waals surface area contributed by atoms with Crippen LogP contribution in [0.5, 0.6) is 11.5 Å². The molecule has 0 fully saturated rings. The number of hydrogen-bond donors (Lipinski definition) is 1. The molecule has 2 rings (SSSR count). The standard InChI is InChI=1S/C15H13FN2O/c1-9-5-10(2)15(7-13(9)18)19-14-4-3-11(8-17)6-12(14)16/h3-7H,18H2,1-2H3. The van der Waals surface area contributed by atoms with E-state index < -0.39 is 5.82 Å². The highest BCUT2D eigenvalue weighted by molar-refractivity contribution is 5.55. The van der Waals surface area contributed by atoms with E-state index >= 15 is 0 Å². The summed E-state index contributed by atoms with van der Waals surface area (Å²) < 4.78 is 19.2. The van der Waals surface area contributed by atoms with Gasteiger partial charge in [0.1, 0.15) is 5.75 Å². The monoisotopic (exact) mass is 256 g/mol. The van der Waals surface area contributed by atoms with Crippen LogP contribution in [0.15, 0.2) is 30.3 Å². The first-order chi connectivity index (χ1) is 9.01. The second kappa shape index (κ2) is 4.99. The molecule has 0 radical (unpaired) electrons. The smallest absolute Gasteiger partial charge is 0.167 e. The zero-order valence-electron chi connectivity index (χ0n) is 10.7. The van der Waals surface area contributed by atoms with Crippen LogP contribution in [-0.2, 0) is 0 Å². The minimum Gasteiger partial charge on any atom is -0.454 e. The largest absolute Gasteiger partial charge is 0.454 e. The van der Waals surface area contributed by atoms with Crippen LogP contribution in [0.4, 0.5) is 10.1 Å². The Kier molecular flexibility index (Phi) is 3.39. The maximum atomic E-state index is 13.7. The van der Waals surface area contributed by atoms with Gasteiger partial charge >= 0.3 is 0 Å². The zero-order chi connectivity index (χ0) is 14.0. The Balaban J connectivity index is 2.37. The number of halogens is 1. The van der Waals surface area contributed by atoms with Gasteiger partial charge in [-0.05, 0) is 43.2 Å². The lowest BCUT2D eigenvalue weighted by molar-refractivity contribution is 0.439. The molecule has 0 saturated heterocycles. The summed E-state index contributed by atoms with van der Waals surface area (Å²) in [5, 5.41) is 8.68. The highest BCUT2D eigenvalue weighted by atomic mass is 19.1. The molecule has 0 heterocycles. The number of nitriles is 1. The summed E-state index contributed by atoms with van der Waals surface area (Å²) in [6, 6.07) is 9.50. The van der Waals surface area contributed by atoms with E-state index in [2.05, 4.69) is 0 Å². The van der Waals surface area contributed by atoms with Crippen molar-refractivity contribution in [1.82, 2.24) is 0 Å². The van der Waals surface area contributed by atoms with Gasteiger partial charge in [-0.3, -0.25) is 0 Å². The maximum Gasteiger partial charge on any atom is 0.167 e. The first-order valence-electron chi connectivity index (χ1n) is 5.75. The molecule has 96 valence electrons. The molecule has 0 unspecified atom stereocenters. The van der Waals surface area contributed by atoms with Crippen molar-refractivity contribution in [3.8, 4) is 17.6 Å². The van der Waals surface area contributed by atoms with Crippen molar-refractivity contribution in [3.05, 3.63) is 52.8 Å². The van der Waals surface area contributed by atoms with E-state index in [1.165, 1.54) is 12.1 Å². The van der Waals surface area contributed by atoms with Gasteiger partial charge in [-0.15, -0.1) is 0 Å². The molecule has 2 N–H and O–H groups in total. The molecule has 19 heavy (non-hydrogen) atoms. The highest BCUT2D eigenvalue weighted by Gasteiger charge is 2.09. The minimum atomic E-state index is -0.572. The number of nitrogen functional groups attached to an aromatic ring is 1. The van der Waals surface area contributed by atoms with Crippen molar-refractivity contribution < 1.29 is 9.13 Å². The van der Waals surface area contributed by atoms with Crippen molar-refractivity contribution in [2.45, 2.75) is 13.8 Å². The predicted octanol–water partition coefficient (Wildman–Crippen LogP) is 3.69. The highest BCUT2D eigenvalue weighted by Crippen LogP contribution is 2.30. The first-order valence-corrected chi connectivity index (χ1v) is 5.75. The Morgan fingerprint density at radius 1 is 1.11 bits per heavy atom. The summed E-state index contributed by atoms with van der Waals surface area (Å²) in [4.78, 5) is 0. The van der Waals surface area contributed by atoms with Crippen LogP contribution < -0.4 is 10.5 Å². The van der Waals surface area contributed by atoms with Crippen LogP contribution >= 0.6 is 0 Å². The fourth-order valence-corrected chi connectivity index (χ4v) is 1.73. The summed E-state index contributed by atoms with van der Waals surface area (Å²) in [6.07, 6.45) is 0. The van der Waals surface area contributed by atoms with Crippen LogP contribution in [0, 0.1) is 31.0 Å². The fourth-order valence-electron chi connectivity index (χ4n) is 1.73. The normalized spacial score (nSPS) is 10.0. The summed E-state index contributed by atoms with van der Waals surface area (Å²) in [5.41, 5.74) is 8.48. The third kappa shape index (κ3) is 2.66. The van der Waals surface area contributed by atoms with Gasteiger partial charge in [0.05, 0.1) is 11.6 Å². The summed E-state index contributed by atoms with van der Waals surface area (Å²) in [5.74, 6) is 0.00894. The Bertz CT molecular complexity index is 675.